The number of carbonyl (C=O) groups is 1. The minimum absolute atomic E-state index is 0.0487. The summed E-state index contributed by atoms with van der Waals surface area (Å²) in [5, 5.41) is 14.0. The number of fused-ring (bicyclic) bond motifs is 9. The van der Waals surface area contributed by atoms with Crippen LogP contribution in [0.3, 0.4) is 0 Å². The Morgan fingerprint density at radius 1 is 1.22 bits per heavy atom. The molecule has 2 aliphatic carbocycles. The maximum atomic E-state index is 15.3. The summed E-state index contributed by atoms with van der Waals surface area (Å²) < 4.78 is 48.5. The van der Waals surface area contributed by atoms with Crippen LogP contribution in [-0.2, 0) is 5.54 Å². The van der Waals surface area contributed by atoms with Crippen LogP contribution < -0.4 is 10.5 Å². The van der Waals surface area contributed by atoms with Gasteiger partial charge in [0.05, 0.1) is 45.7 Å². The summed E-state index contributed by atoms with van der Waals surface area (Å²) in [4.78, 5) is 23.7. The lowest BCUT2D eigenvalue weighted by Crippen LogP contribution is -2.54. The number of hydrogen-bond acceptors (Lipinski definition) is 7. The first-order valence-corrected chi connectivity index (χ1v) is 13.1. The predicted molar refractivity (Wildman–Crippen MR) is 139 cm³/mol. The molecular formula is C29H24F3N7O2. The number of ether oxygens (including phenoxy) is 1. The minimum atomic E-state index is -3.06. The Kier molecular flexibility index (Phi) is 5.28. The molecule has 1 aromatic carbocycles. The molecule has 7 rings (SSSR count). The molecule has 4 aromatic rings. The highest BCUT2D eigenvalue weighted by atomic mass is 19.3. The molecular weight excluding hydrogens is 535 g/mol. The van der Waals surface area contributed by atoms with Crippen molar-refractivity contribution in [3.63, 3.8) is 0 Å². The molecule has 0 spiro atoms. The molecule has 4 heterocycles. The fourth-order valence-electron chi connectivity index (χ4n) is 6.96. The van der Waals surface area contributed by atoms with Crippen molar-refractivity contribution in [2.45, 2.75) is 50.3 Å². The van der Waals surface area contributed by atoms with Gasteiger partial charge in [-0.15, -0.1) is 0 Å². The zero-order chi connectivity index (χ0) is 28.8. The van der Waals surface area contributed by atoms with Gasteiger partial charge in [-0.05, 0) is 50.5 Å². The third-order valence-electron chi connectivity index (χ3n) is 8.66. The van der Waals surface area contributed by atoms with Crippen molar-refractivity contribution >= 4 is 11.4 Å². The van der Waals surface area contributed by atoms with Crippen molar-refractivity contribution in [3.05, 3.63) is 76.8 Å². The van der Waals surface area contributed by atoms with Gasteiger partial charge in [-0.2, -0.15) is 19.1 Å². The van der Waals surface area contributed by atoms with E-state index in [9.17, 15) is 18.8 Å². The number of rotatable bonds is 4. The highest BCUT2D eigenvalue weighted by molar-refractivity contribution is 5.98. The van der Waals surface area contributed by atoms with Gasteiger partial charge in [-0.25, -0.2) is 13.9 Å². The molecule has 2 bridgehead atoms. The average molecular weight is 560 g/mol. The zero-order valence-corrected chi connectivity index (χ0v) is 22.1. The van der Waals surface area contributed by atoms with E-state index in [1.54, 1.807) is 35.5 Å². The van der Waals surface area contributed by atoms with E-state index in [1.165, 1.54) is 30.7 Å². The number of nitriles is 1. The second-order valence-corrected chi connectivity index (χ2v) is 11.5. The second-order valence-electron chi connectivity index (χ2n) is 11.5. The lowest BCUT2D eigenvalue weighted by atomic mass is 9.58. The SMILES string of the molecule is CN1C(=O)c2cccc(OC(F)F)c2C2CC1c1nn3cnc(-c4cnc(C5(N)CC(C)(C#N)C5)c(F)c4)cc3c12. The molecule has 1 saturated carbocycles. The third kappa shape index (κ3) is 3.65. The van der Waals surface area contributed by atoms with Crippen LogP contribution in [-0.4, -0.2) is 44.0 Å². The average Bonchev–Trinajstić information content (AvgIpc) is 3.44. The summed E-state index contributed by atoms with van der Waals surface area (Å²) in [5.41, 5.74) is 8.51. The first-order valence-electron chi connectivity index (χ1n) is 13.1. The zero-order valence-electron chi connectivity index (χ0n) is 22.1. The number of aromatic nitrogens is 4. The summed E-state index contributed by atoms with van der Waals surface area (Å²) in [7, 11) is 1.67. The third-order valence-corrected chi connectivity index (χ3v) is 8.66. The molecule has 1 aliphatic heterocycles. The molecule has 1 amide bonds. The van der Waals surface area contributed by atoms with Crippen LogP contribution in [0, 0.1) is 22.6 Å². The first-order chi connectivity index (χ1) is 19.5. The lowest BCUT2D eigenvalue weighted by molar-refractivity contribution is -0.0505. The lowest BCUT2D eigenvalue weighted by Gasteiger charge is -2.48. The molecule has 0 radical (unpaired) electrons. The van der Waals surface area contributed by atoms with Crippen molar-refractivity contribution in [3.8, 4) is 23.1 Å². The van der Waals surface area contributed by atoms with Gasteiger partial charge in [-0.1, -0.05) is 6.07 Å². The molecule has 2 atom stereocenters. The van der Waals surface area contributed by atoms with Crippen LogP contribution >= 0.6 is 0 Å². The summed E-state index contributed by atoms with van der Waals surface area (Å²) in [5.74, 6) is -1.37. The largest absolute Gasteiger partial charge is 0.434 e. The van der Waals surface area contributed by atoms with E-state index < -0.39 is 29.3 Å². The molecule has 0 saturated heterocycles. The maximum Gasteiger partial charge on any atom is 0.387 e. The Labute approximate surface area is 232 Å². The van der Waals surface area contributed by atoms with E-state index in [1.807, 2.05) is 0 Å². The van der Waals surface area contributed by atoms with Crippen molar-refractivity contribution < 1.29 is 22.7 Å². The maximum absolute atomic E-state index is 15.3. The van der Waals surface area contributed by atoms with Crippen molar-refractivity contribution in [2.75, 3.05) is 7.05 Å². The number of pyridine rings is 1. The number of benzene rings is 1. The van der Waals surface area contributed by atoms with Gasteiger partial charge in [0.2, 0.25) is 0 Å². The Morgan fingerprint density at radius 3 is 2.71 bits per heavy atom. The number of hydrogen-bond donors (Lipinski definition) is 1. The van der Waals surface area contributed by atoms with Gasteiger partial charge >= 0.3 is 6.61 Å². The van der Waals surface area contributed by atoms with Gasteiger partial charge in [0.1, 0.15) is 17.9 Å². The van der Waals surface area contributed by atoms with Gasteiger partial charge in [0.15, 0.2) is 0 Å². The van der Waals surface area contributed by atoms with Crippen LogP contribution in [0.1, 0.15) is 71.0 Å². The molecule has 2 N–H and O–H groups in total. The van der Waals surface area contributed by atoms with Crippen LogP contribution in [0.2, 0.25) is 0 Å². The Morgan fingerprint density at radius 2 is 2.00 bits per heavy atom. The van der Waals surface area contributed by atoms with Crippen LogP contribution in [0.25, 0.3) is 16.8 Å². The van der Waals surface area contributed by atoms with Gasteiger partial charge in [0, 0.05) is 41.4 Å². The molecule has 3 aliphatic rings. The molecule has 41 heavy (non-hydrogen) atoms. The van der Waals surface area contributed by atoms with E-state index in [4.69, 9.17) is 15.6 Å². The van der Waals surface area contributed by atoms with Crippen LogP contribution in [0.5, 0.6) is 5.75 Å². The molecule has 9 nitrogen and oxygen atoms in total. The van der Waals surface area contributed by atoms with Gasteiger partial charge in [0.25, 0.3) is 5.91 Å². The number of alkyl halides is 2. The van der Waals surface area contributed by atoms with Crippen molar-refractivity contribution in [1.29, 1.82) is 5.26 Å². The van der Waals surface area contributed by atoms with E-state index >= 15 is 4.39 Å². The standard InChI is InChI=1S/C29H24F3N7O2/c1-28(12-33)10-29(34,11-28)25-17(30)6-14(9-35-25)18-8-19-23-16-7-20(24(23)37-39(19)13-36-18)38(2)26(40)15-4-3-5-21(22(15)16)41-27(31)32/h3-6,8-9,13,16,20,27H,7,10-11,34H2,1-2H3. The van der Waals surface area contributed by atoms with Crippen molar-refractivity contribution in [2.24, 2.45) is 11.1 Å². The number of carbonyl (C=O) groups excluding carboxylic acids is 1. The quantitative estimate of drug-likeness (QED) is 0.386. The van der Waals surface area contributed by atoms with Gasteiger partial charge < -0.3 is 15.4 Å². The normalized spacial score (nSPS) is 26.4. The number of nitrogens with two attached hydrogens (primary N) is 1. The summed E-state index contributed by atoms with van der Waals surface area (Å²) in [6, 6.07) is 9.52. The Hall–Kier alpha value is -4.50. The van der Waals surface area contributed by atoms with E-state index in [0.717, 1.165) is 5.56 Å². The van der Waals surface area contributed by atoms with Crippen LogP contribution in [0.15, 0.2) is 42.9 Å². The smallest absolute Gasteiger partial charge is 0.387 e. The monoisotopic (exact) mass is 559 g/mol. The summed E-state index contributed by atoms with van der Waals surface area (Å²) in [6.45, 7) is -1.26. The van der Waals surface area contributed by atoms with E-state index in [0.29, 0.717) is 52.9 Å². The highest BCUT2D eigenvalue weighted by Gasteiger charge is 2.53. The Bertz CT molecular complexity index is 1810. The molecule has 2 unspecified atom stereocenters. The second kappa shape index (κ2) is 8.50. The van der Waals surface area contributed by atoms with E-state index in [-0.39, 0.29) is 23.4 Å². The number of amides is 1. The molecule has 1 fully saturated rings. The van der Waals surface area contributed by atoms with Crippen LogP contribution in [0.4, 0.5) is 13.2 Å². The van der Waals surface area contributed by atoms with Gasteiger partial charge in [-0.3, -0.25) is 9.78 Å². The van der Waals surface area contributed by atoms with Crippen molar-refractivity contribution in [1.82, 2.24) is 24.5 Å². The first kappa shape index (κ1) is 25.5. The molecule has 12 heteroatoms. The molecule has 3 aromatic heterocycles. The summed E-state index contributed by atoms with van der Waals surface area (Å²) >= 11 is 0. The minimum Gasteiger partial charge on any atom is -0.434 e. The topological polar surface area (TPSA) is 122 Å². The fourth-order valence-corrected chi connectivity index (χ4v) is 6.96. The molecule has 208 valence electrons. The highest BCUT2D eigenvalue weighted by Crippen LogP contribution is 2.54. The number of halogens is 3. The predicted octanol–water partition coefficient (Wildman–Crippen LogP) is 4.67. The fraction of sp³-hybridized carbons (Fsp3) is 0.345. The summed E-state index contributed by atoms with van der Waals surface area (Å²) in [6.07, 6.45) is 4.08. The Balaban J connectivity index is 1.33. The number of nitrogens with zero attached hydrogens (tertiary/aromatic N) is 6. The van der Waals surface area contributed by atoms with E-state index in [2.05, 4.69) is 16.0 Å².